The molecule has 6 heteroatoms. The molecule has 3 rings (SSSR count). The molecule has 0 fully saturated rings. The van der Waals surface area contributed by atoms with E-state index in [1.807, 2.05) is 48.1 Å². The average Bonchev–Trinajstić information content (AvgIpc) is 3.04. The van der Waals surface area contributed by atoms with Crippen LogP contribution in [0.4, 0.5) is 0 Å². The molecule has 0 aliphatic heterocycles. The molecule has 2 aromatic heterocycles. The SMILES string of the molecule is CNCc1c(Oc2ccc(C)cc2OC)nc2sccn12. The van der Waals surface area contributed by atoms with Crippen molar-refractivity contribution in [3.05, 3.63) is 41.0 Å². The summed E-state index contributed by atoms with van der Waals surface area (Å²) in [7, 11) is 3.55. The lowest BCUT2D eigenvalue weighted by molar-refractivity contribution is 0.372. The molecule has 0 bridgehead atoms. The van der Waals surface area contributed by atoms with E-state index >= 15 is 0 Å². The molecule has 3 aromatic rings. The first kappa shape index (κ1) is 13.9. The number of nitrogens with one attached hydrogen (secondary N) is 1. The van der Waals surface area contributed by atoms with Gasteiger partial charge < -0.3 is 14.8 Å². The Morgan fingerprint density at radius 1 is 1.33 bits per heavy atom. The van der Waals surface area contributed by atoms with Gasteiger partial charge in [-0.15, -0.1) is 11.3 Å². The number of rotatable bonds is 5. The van der Waals surface area contributed by atoms with Gasteiger partial charge in [0.2, 0.25) is 5.88 Å². The van der Waals surface area contributed by atoms with Gasteiger partial charge in [-0.3, -0.25) is 4.40 Å². The van der Waals surface area contributed by atoms with Crippen LogP contribution in [0.5, 0.6) is 17.4 Å². The Kier molecular flexibility index (Phi) is 3.81. The smallest absolute Gasteiger partial charge is 0.243 e. The molecule has 0 radical (unpaired) electrons. The molecule has 0 spiro atoms. The number of nitrogens with zero attached hydrogens (tertiary/aromatic N) is 2. The summed E-state index contributed by atoms with van der Waals surface area (Å²) in [5.74, 6) is 1.99. The standard InChI is InChI=1S/C15H17N3O2S/c1-10-4-5-12(13(8-10)19-3)20-14-11(9-16-2)18-6-7-21-15(18)17-14/h4-8,16H,9H2,1-3H3. The van der Waals surface area contributed by atoms with E-state index in [0.717, 1.165) is 16.2 Å². The molecule has 0 atom stereocenters. The molecular weight excluding hydrogens is 286 g/mol. The van der Waals surface area contributed by atoms with Crippen LogP contribution < -0.4 is 14.8 Å². The van der Waals surface area contributed by atoms with Gasteiger partial charge in [-0.1, -0.05) is 6.07 Å². The van der Waals surface area contributed by atoms with E-state index in [-0.39, 0.29) is 0 Å². The third-order valence-electron chi connectivity index (χ3n) is 3.19. The topological polar surface area (TPSA) is 47.8 Å². The Bertz CT molecular complexity index is 763. The monoisotopic (exact) mass is 303 g/mol. The Balaban J connectivity index is 2.01. The normalized spacial score (nSPS) is 11.0. The van der Waals surface area contributed by atoms with Crippen LogP contribution in [0.25, 0.3) is 4.96 Å². The quantitative estimate of drug-likeness (QED) is 0.786. The molecule has 0 saturated heterocycles. The molecule has 0 aliphatic rings. The lowest BCUT2D eigenvalue weighted by Crippen LogP contribution is -2.08. The molecule has 0 unspecified atom stereocenters. The number of imidazole rings is 1. The molecular formula is C15H17N3O2S. The van der Waals surface area contributed by atoms with Gasteiger partial charge in [-0.05, 0) is 31.7 Å². The lowest BCUT2D eigenvalue weighted by atomic mass is 10.2. The van der Waals surface area contributed by atoms with Gasteiger partial charge in [0.1, 0.15) is 5.69 Å². The van der Waals surface area contributed by atoms with Crippen LogP contribution in [0.1, 0.15) is 11.3 Å². The van der Waals surface area contributed by atoms with Crippen LogP contribution in [0.2, 0.25) is 0 Å². The minimum Gasteiger partial charge on any atom is -0.493 e. The van der Waals surface area contributed by atoms with E-state index in [2.05, 4.69) is 10.3 Å². The number of ether oxygens (including phenoxy) is 2. The third-order valence-corrected chi connectivity index (χ3v) is 3.95. The summed E-state index contributed by atoms with van der Waals surface area (Å²) in [5.41, 5.74) is 2.12. The highest BCUT2D eigenvalue weighted by Crippen LogP contribution is 2.34. The Hall–Kier alpha value is -2.05. The van der Waals surface area contributed by atoms with Crippen molar-refractivity contribution in [3.8, 4) is 17.4 Å². The molecule has 21 heavy (non-hydrogen) atoms. The average molecular weight is 303 g/mol. The van der Waals surface area contributed by atoms with Crippen molar-refractivity contribution in [1.82, 2.24) is 14.7 Å². The molecule has 5 nitrogen and oxygen atoms in total. The van der Waals surface area contributed by atoms with E-state index in [9.17, 15) is 0 Å². The van der Waals surface area contributed by atoms with Crippen LogP contribution in [-0.4, -0.2) is 23.5 Å². The molecule has 1 N–H and O–H groups in total. The maximum absolute atomic E-state index is 5.99. The van der Waals surface area contributed by atoms with Gasteiger partial charge in [-0.25, -0.2) is 0 Å². The van der Waals surface area contributed by atoms with Crippen molar-refractivity contribution in [2.24, 2.45) is 0 Å². The van der Waals surface area contributed by atoms with Crippen LogP contribution in [-0.2, 0) is 6.54 Å². The third kappa shape index (κ3) is 2.59. The van der Waals surface area contributed by atoms with Crippen molar-refractivity contribution >= 4 is 16.3 Å². The second kappa shape index (κ2) is 5.75. The predicted octanol–water partition coefficient (Wildman–Crippen LogP) is 3.22. The zero-order chi connectivity index (χ0) is 14.8. The number of aromatic nitrogens is 2. The fraction of sp³-hybridized carbons (Fsp3) is 0.267. The number of methoxy groups -OCH3 is 1. The summed E-state index contributed by atoms with van der Waals surface area (Å²) >= 11 is 1.58. The highest BCUT2D eigenvalue weighted by molar-refractivity contribution is 7.15. The van der Waals surface area contributed by atoms with Crippen LogP contribution in [0.3, 0.4) is 0 Å². The van der Waals surface area contributed by atoms with Gasteiger partial charge in [0.05, 0.1) is 7.11 Å². The highest BCUT2D eigenvalue weighted by Gasteiger charge is 2.16. The molecule has 1 aromatic carbocycles. The molecule has 2 heterocycles. The van der Waals surface area contributed by atoms with Crippen molar-refractivity contribution in [3.63, 3.8) is 0 Å². The number of hydrogen-bond acceptors (Lipinski definition) is 5. The maximum Gasteiger partial charge on any atom is 0.243 e. The Morgan fingerprint density at radius 3 is 2.95 bits per heavy atom. The zero-order valence-corrected chi connectivity index (χ0v) is 13.0. The number of fused-ring (bicyclic) bond motifs is 1. The maximum atomic E-state index is 5.99. The summed E-state index contributed by atoms with van der Waals surface area (Å²) < 4.78 is 13.4. The fourth-order valence-corrected chi connectivity index (χ4v) is 2.91. The van der Waals surface area contributed by atoms with Crippen molar-refractivity contribution in [2.75, 3.05) is 14.2 Å². The van der Waals surface area contributed by atoms with Crippen molar-refractivity contribution in [1.29, 1.82) is 0 Å². The summed E-state index contributed by atoms with van der Waals surface area (Å²) in [6.07, 6.45) is 2.00. The van der Waals surface area contributed by atoms with Gasteiger partial charge in [-0.2, -0.15) is 4.98 Å². The minimum atomic E-state index is 0.610. The molecule has 0 aliphatic carbocycles. The van der Waals surface area contributed by atoms with E-state index in [1.165, 1.54) is 0 Å². The molecule has 110 valence electrons. The summed E-state index contributed by atoms with van der Waals surface area (Å²) in [6.45, 7) is 2.70. The second-order valence-electron chi connectivity index (χ2n) is 4.71. The van der Waals surface area contributed by atoms with Crippen molar-refractivity contribution < 1.29 is 9.47 Å². The number of benzene rings is 1. The van der Waals surface area contributed by atoms with Crippen LogP contribution in [0, 0.1) is 6.92 Å². The lowest BCUT2D eigenvalue weighted by Gasteiger charge is -2.10. The van der Waals surface area contributed by atoms with E-state index in [0.29, 0.717) is 23.9 Å². The van der Waals surface area contributed by atoms with E-state index in [4.69, 9.17) is 9.47 Å². The highest BCUT2D eigenvalue weighted by atomic mass is 32.1. The first-order valence-electron chi connectivity index (χ1n) is 6.64. The van der Waals surface area contributed by atoms with Gasteiger partial charge in [0, 0.05) is 18.1 Å². The summed E-state index contributed by atoms with van der Waals surface area (Å²) in [5, 5.41) is 5.16. The first-order chi connectivity index (χ1) is 10.2. The first-order valence-corrected chi connectivity index (χ1v) is 7.52. The number of thiazole rings is 1. The Labute approximate surface area is 127 Å². The number of hydrogen-bond donors (Lipinski definition) is 1. The minimum absolute atomic E-state index is 0.610. The van der Waals surface area contributed by atoms with Crippen LogP contribution >= 0.6 is 11.3 Å². The molecule has 0 amide bonds. The summed E-state index contributed by atoms with van der Waals surface area (Å²) in [6, 6.07) is 5.85. The predicted molar refractivity (Wildman–Crippen MR) is 83.6 cm³/mol. The van der Waals surface area contributed by atoms with Gasteiger partial charge >= 0.3 is 0 Å². The van der Waals surface area contributed by atoms with Gasteiger partial charge in [0.25, 0.3) is 0 Å². The zero-order valence-electron chi connectivity index (χ0n) is 12.2. The van der Waals surface area contributed by atoms with Crippen molar-refractivity contribution in [2.45, 2.75) is 13.5 Å². The number of aryl methyl sites for hydroxylation is 1. The van der Waals surface area contributed by atoms with E-state index in [1.54, 1.807) is 18.4 Å². The molecule has 0 saturated carbocycles. The largest absolute Gasteiger partial charge is 0.493 e. The summed E-state index contributed by atoms with van der Waals surface area (Å²) in [4.78, 5) is 5.47. The van der Waals surface area contributed by atoms with Crippen LogP contribution in [0.15, 0.2) is 29.8 Å². The van der Waals surface area contributed by atoms with E-state index < -0.39 is 0 Å². The van der Waals surface area contributed by atoms with Gasteiger partial charge in [0.15, 0.2) is 16.5 Å². The second-order valence-corrected chi connectivity index (χ2v) is 5.58. The fourth-order valence-electron chi connectivity index (χ4n) is 2.19. The Morgan fingerprint density at radius 2 is 2.19 bits per heavy atom.